The predicted molar refractivity (Wildman–Crippen MR) is 324 cm³/mol. The fraction of sp³-hybridized carbons (Fsp3) is 0.243. The van der Waals surface area contributed by atoms with Crippen LogP contribution in [0.2, 0.25) is 0 Å². The molecular weight excluding hydrogens is 1010 g/mol. The van der Waals surface area contributed by atoms with Gasteiger partial charge in [0.05, 0.1) is 0 Å². The first-order valence-electron chi connectivity index (χ1n) is 26.4. The van der Waals surface area contributed by atoms with Crippen LogP contribution in [0.1, 0.15) is 115 Å². The van der Waals surface area contributed by atoms with Crippen LogP contribution < -0.4 is 26.2 Å². The molecule has 0 unspecified atom stereocenters. The van der Waals surface area contributed by atoms with Crippen LogP contribution in [-0.4, -0.2) is 9.51 Å². The molecule has 0 bridgehead atoms. The fourth-order valence-electron chi connectivity index (χ4n) is 10.6. The van der Waals surface area contributed by atoms with E-state index in [2.05, 4.69) is 268 Å². The van der Waals surface area contributed by atoms with Crippen LogP contribution >= 0.6 is 7.26 Å². The Bertz CT molecular complexity index is 3160. The van der Waals surface area contributed by atoms with Crippen molar-refractivity contribution in [2.75, 3.05) is 0 Å². The minimum absolute atomic E-state index is 0.0811. The standard InChI is InChI=1S/C42H39OP.C12H17N.C10H12.C6H8N.Mo/c1-28-22-30(3)40(31(4)23-28)38-26-37(27-39(42(38)43)41-32(5)24-29(2)25-33(41)6)44(34-16-10-7-11-17-34,35-18-12-8-13-19-35)36-20-14-9-15-21-36;1-8(2)10-6-5-7-11(9(3)4)12(10)13;1-10(2,3)9-7-5-4-6-8-9;1-5-3-4-6(2)7-5;/h7-27H,1-6H3;5-9H,1-4H3;1,4-8H,2-3H3;3-4H,1-2H3;/q;;;-1;/p+1. The van der Waals surface area contributed by atoms with Crippen LogP contribution in [0.25, 0.3) is 22.3 Å². The number of phenols is 1. The summed E-state index contributed by atoms with van der Waals surface area (Å²) in [4.78, 5) is 4.11. The maximum Gasteiger partial charge on any atom is 0.144 e. The van der Waals surface area contributed by atoms with Crippen LogP contribution in [0.15, 0.2) is 192 Å². The molecule has 0 spiro atoms. The molecule has 1 N–H and O–H groups in total. The van der Waals surface area contributed by atoms with E-state index in [1.807, 2.05) is 26.0 Å². The van der Waals surface area contributed by atoms with Gasteiger partial charge >= 0.3 is 156 Å². The van der Waals surface area contributed by atoms with Crippen molar-refractivity contribution in [3.63, 3.8) is 0 Å². The number of aromatic nitrogens is 1. The van der Waals surface area contributed by atoms with Gasteiger partial charge < -0.3 is 10.1 Å². The Morgan fingerprint density at radius 1 is 0.467 bits per heavy atom. The summed E-state index contributed by atoms with van der Waals surface area (Å²) in [5.41, 5.74) is 18.8. The number of nitrogens with zero attached hydrogens (tertiary/aromatic N) is 2. The maximum atomic E-state index is 12.3. The number of aromatic hydroxyl groups is 1. The van der Waals surface area contributed by atoms with Gasteiger partial charge in [0.1, 0.15) is 34.2 Å². The van der Waals surface area contributed by atoms with Gasteiger partial charge in [-0.3, -0.25) is 0 Å². The maximum absolute atomic E-state index is 12.3. The second kappa shape index (κ2) is 25.0. The summed E-state index contributed by atoms with van der Waals surface area (Å²) in [5.74, 6) is 1.36. The monoisotopic (exact) mass is 1090 g/mol. The van der Waals surface area contributed by atoms with E-state index < -0.39 is 25.2 Å². The minimum atomic E-state index is -2.41. The molecule has 0 saturated heterocycles. The van der Waals surface area contributed by atoms with E-state index in [1.54, 1.807) is 0 Å². The van der Waals surface area contributed by atoms with E-state index in [-0.39, 0.29) is 5.41 Å². The Kier molecular flexibility index (Phi) is 18.8. The Labute approximate surface area is 458 Å². The molecule has 9 rings (SSSR count). The molecule has 0 aliphatic carbocycles. The van der Waals surface area contributed by atoms with Gasteiger partial charge in [0, 0.05) is 11.1 Å². The Morgan fingerprint density at radius 3 is 1.16 bits per heavy atom. The molecule has 0 radical (unpaired) electrons. The minimum Gasteiger partial charge on any atom is -0.665 e. The SMILES string of the molecule is CC(C)c1cccc(C(C)C)c1[N]=[Mo]=[CH]C(C)(C)c1ccccc1.Cc1cc(C)c(-c2cc([P+](c3ccccc3)(c3ccccc3)c3ccccc3)cc(-c3c(C)cc(C)cc3C)c2O)c(C)c1.Cc1ccc(C)[n-]1. The molecule has 5 heteroatoms. The third kappa shape index (κ3) is 13.0. The summed E-state index contributed by atoms with van der Waals surface area (Å²) in [6.45, 7) is 30.5. The summed E-state index contributed by atoms with van der Waals surface area (Å²) < 4.78 is 7.59. The van der Waals surface area contributed by atoms with Gasteiger partial charge in [-0.25, -0.2) is 0 Å². The molecule has 9 aromatic rings. The molecule has 0 atom stereocenters. The molecule has 0 saturated carbocycles. The third-order valence-electron chi connectivity index (χ3n) is 14.1. The van der Waals surface area contributed by atoms with E-state index in [9.17, 15) is 5.11 Å². The zero-order chi connectivity index (χ0) is 54.0. The largest absolute Gasteiger partial charge is 0.665 e. The number of hydrogen-bond donors (Lipinski definition) is 1. The van der Waals surface area contributed by atoms with Crippen molar-refractivity contribution in [1.82, 2.24) is 4.98 Å². The number of hydrogen-bond acceptors (Lipinski definition) is 2. The average Bonchev–Trinajstić information content (AvgIpc) is 3.79. The van der Waals surface area contributed by atoms with Gasteiger partial charge in [-0.2, -0.15) is 11.4 Å². The Morgan fingerprint density at radius 2 is 0.827 bits per heavy atom. The van der Waals surface area contributed by atoms with Gasteiger partial charge in [-0.1, -0.05) is 116 Å². The van der Waals surface area contributed by atoms with Crippen molar-refractivity contribution < 1.29 is 23.0 Å². The van der Waals surface area contributed by atoms with Gasteiger partial charge in [-0.05, 0) is 123 Å². The molecule has 0 amide bonds. The van der Waals surface area contributed by atoms with Crippen LogP contribution in [-0.2, 0) is 23.3 Å². The van der Waals surface area contributed by atoms with Crippen LogP contribution in [0, 0.1) is 55.4 Å². The first-order chi connectivity index (χ1) is 35.8. The average molecular weight is 1090 g/mol. The number of benzene rings is 8. The van der Waals surface area contributed by atoms with Gasteiger partial charge in [0.15, 0.2) is 0 Å². The number of aryl methyl sites for hydroxylation is 8. The van der Waals surface area contributed by atoms with Crippen LogP contribution in [0.5, 0.6) is 5.75 Å². The Hall–Kier alpha value is -6.37. The van der Waals surface area contributed by atoms with Crippen LogP contribution in [0.4, 0.5) is 5.69 Å². The molecule has 1 heterocycles. The smallest absolute Gasteiger partial charge is 0.144 e. The van der Waals surface area contributed by atoms with Gasteiger partial charge in [0.25, 0.3) is 0 Å². The van der Waals surface area contributed by atoms with Crippen molar-refractivity contribution in [2.45, 2.75) is 114 Å². The number of phenolic OH excluding ortho intramolecular Hbond substituents is 1. The summed E-state index contributed by atoms with van der Waals surface area (Å²) in [6, 6.07) is 67.8. The fourth-order valence-corrected chi connectivity index (χ4v) is 16.8. The molecule has 1 aromatic heterocycles. The second-order valence-electron chi connectivity index (χ2n) is 21.3. The quantitative estimate of drug-likeness (QED) is 0.104. The van der Waals surface area contributed by atoms with Gasteiger partial charge in [0.2, 0.25) is 0 Å². The van der Waals surface area contributed by atoms with Crippen molar-refractivity contribution in [3.05, 3.63) is 250 Å². The Balaban J connectivity index is 0.000000220. The van der Waals surface area contributed by atoms with Crippen molar-refractivity contribution >= 4 is 38.6 Å². The summed E-state index contributed by atoms with van der Waals surface area (Å²) in [6.07, 6.45) is 0. The van der Waals surface area contributed by atoms with Crippen LogP contribution in [0.3, 0.4) is 0 Å². The third-order valence-corrected chi connectivity index (χ3v) is 20.7. The molecule has 0 aliphatic heterocycles. The molecular formula is C70H77MoN2OP. The van der Waals surface area contributed by atoms with E-state index in [4.69, 9.17) is 3.50 Å². The van der Waals surface area contributed by atoms with E-state index in [0.717, 1.165) is 33.6 Å². The zero-order valence-corrected chi connectivity index (χ0v) is 49.7. The van der Waals surface area contributed by atoms with Crippen molar-refractivity contribution in [3.8, 4) is 28.0 Å². The normalized spacial score (nSPS) is 11.4. The second-order valence-corrected chi connectivity index (χ2v) is 26.3. The molecule has 75 heavy (non-hydrogen) atoms. The molecule has 3 nitrogen and oxygen atoms in total. The first-order valence-corrected chi connectivity index (χ1v) is 30.2. The zero-order valence-electron chi connectivity index (χ0n) is 46.8. The van der Waals surface area contributed by atoms with Crippen molar-refractivity contribution in [1.29, 1.82) is 0 Å². The molecule has 8 aromatic carbocycles. The predicted octanol–water partition coefficient (Wildman–Crippen LogP) is 17.1. The molecule has 0 fully saturated rings. The van der Waals surface area contributed by atoms with E-state index >= 15 is 0 Å². The summed E-state index contributed by atoms with van der Waals surface area (Å²) in [7, 11) is -2.41. The number of rotatable bonds is 11. The summed E-state index contributed by atoms with van der Waals surface area (Å²) >= 11 is -0.553. The van der Waals surface area contributed by atoms with Crippen molar-refractivity contribution in [2.24, 2.45) is 3.50 Å². The van der Waals surface area contributed by atoms with E-state index in [1.165, 1.54) is 77.0 Å². The first kappa shape index (κ1) is 56.4. The van der Waals surface area contributed by atoms with E-state index in [0.29, 0.717) is 17.6 Å². The summed E-state index contributed by atoms with van der Waals surface area (Å²) in [5, 5.41) is 17.4. The topological polar surface area (TPSA) is 46.7 Å². The molecule has 384 valence electrons. The van der Waals surface area contributed by atoms with Gasteiger partial charge in [-0.15, -0.1) is 0 Å². The molecule has 0 aliphatic rings.